The maximum Gasteiger partial charge on any atom is 0.222 e. The van der Waals surface area contributed by atoms with Crippen molar-refractivity contribution in [3.8, 4) is 0 Å². The summed E-state index contributed by atoms with van der Waals surface area (Å²) in [6.07, 6.45) is 7.75. The van der Waals surface area contributed by atoms with Gasteiger partial charge in [-0.25, -0.2) is 0 Å². The molecule has 3 aliphatic rings. The number of β-amino-alcohol motifs (C(OH)–C–C–N with tert-alkyl or cyclic N) is 1. The molecule has 1 amide bonds. The Morgan fingerprint density at radius 2 is 1.81 bits per heavy atom. The van der Waals surface area contributed by atoms with Crippen LogP contribution in [0.3, 0.4) is 0 Å². The van der Waals surface area contributed by atoms with Crippen LogP contribution in [-0.4, -0.2) is 58.1 Å². The first-order valence-corrected chi connectivity index (χ1v) is 10.9. The monoisotopic (exact) mass is 370 g/mol. The predicted molar refractivity (Wildman–Crippen MR) is 108 cm³/mol. The molecule has 2 atom stereocenters. The molecule has 4 heteroatoms. The molecule has 1 aliphatic carbocycles. The lowest BCUT2D eigenvalue weighted by Gasteiger charge is -2.41. The van der Waals surface area contributed by atoms with Crippen LogP contribution in [0.4, 0.5) is 0 Å². The highest BCUT2D eigenvalue weighted by atomic mass is 16.3. The van der Waals surface area contributed by atoms with Gasteiger partial charge in [0.05, 0.1) is 5.60 Å². The van der Waals surface area contributed by atoms with E-state index < -0.39 is 5.60 Å². The molecule has 1 aromatic rings. The zero-order valence-electron chi connectivity index (χ0n) is 16.6. The van der Waals surface area contributed by atoms with E-state index in [0.717, 1.165) is 64.6 Å². The molecule has 0 radical (unpaired) electrons. The quantitative estimate of drug-likeness (QED) is 0.881. The van der Waals surface area contributed by atoms with E-state index >= 15 is 0 Å². The second kappa shape index (κ2) is 7.92. The van der Waals surface area contributed by atoms with E-state index in [2.05, 4.69) is 47.1 Å². The molecule has 4 rings (SSSR count). The fourth-order valence-electron chi connectivity index (χ4n) is 5.79. The van der Waals surface area contributed by atoms with Crippen LogP contribution in [0.25, 0.3) is 0 Å². The third-order valence-corrected chi connectivity index (χ3v) is 7.26. The maximum absolute atomic E-state index is 12.4. The van der Waals surface area contributed by atoms with Crippen molar-refractivity contribution in [3.63, 3.8) is 0 Å². The summed E-state index contributed by atoms with van der Waals surface area (Å²) in [5.41, 5.74) is 0.856. The smallest absolute Gasteiger partial charge is 0.222 e. The molecule has 1 aromatic carbocycles. The highest BCUT2D eigenvalue weighted by Gasteiger charge is 2.44. The maximum atomic E-state index is 12.4. The Kier molecular flexibility index (Phi) is 5.56. The topological polar surface area (TPSA) is 43.8 Å². The SMILES string of the molecule is CCN1C(=O)CCC[C@H]2[C@@H]1CCN2CC1(O)CCC(c2ccccc2)CC1. The normalized spacial score (nSPS) is 35.1. The van der Waals surface area contributed by atoms with Gasteiger partial charge in [-0.15, -0.1) is 0 Å². The minimum Gasteiger partial charge on any atom is -0.389 e. The molecule has 1 N–H and O–H groups in total. The van der Waals surface area contributed by atoms with Gasteiger partial charge in [-0.2, -0.15) is 0 Å². The zero-order chi connectivity index (χ0) is 18.9. The van der Waals surface area contributed by atoms with Crippen molar-refractivity contribution in [3.05, 3.63) is 35.9 Å². The van der Waals surface area contributed by atoms with E-state index in [9.17, 15) is 9.90 Å². The number of amides is 1. The Morgan fingerprint density at radius 3 is 2.52 bits per heavy atom. The molecule has 0 bridgehead atoms. The fraction of sp³-hybridized carbons (Fsp3) is 0.696. The molecule has 4 nitrogen and oxygen atoms in total. The van der Waals surface area contributed by atoms with E-state index in [0.29, 0.717) is 30.3 Å². The number of carbonyl (C=O) groups is 1. The molecule has 1 saturated carbocycles. The van der Waals surface area contributed by atoms with Crippen LogP contribution in [0.1, 0.15) is 69.8 Å². The van der Waals surface area contributed by atoms with Gasteiger partial charge in [-0.05, 0) is 63.4 Å². The highest BCUT2D eigenvalue weighted by molar-refractivity contribution is 5.77. The number of benzene rings is 1. The minimum atomic E-state index is -0.562. The minimum absolute atomic E-state index is 0.328. The number of likely N-dealkylation sites (N-methyl/N-ethyl adjacent to an activating group) is 1. The van der Waals surface area contributed by atoms with Crippen molar-refractivity contribution < 1.29 is 9.90 Å². The van der Waals surface area contributed by atoms with Crippen molar-refractivity contribution >= 4 is 5.91 Å². The fourth-order valence-corrected chi connectivity index (χ4v) is 5.79. The van der Waals surface area contributed by atoms with E-state index in [-0.39, 0.29) is 0 Å². The lowest BCUT2D eigenvalue weighted by molar-refractivity contribution is -0.132. The van der Waals surface area contributed by atoms with Gasteiger partial charge < -0.3 is 10.0 Å². The van der Waals surface area contributed by atoms with Crippen molar-refractivity contribution in [2.75, 3.05) is 19.6 Å². The second-order valence-corrected chi connectivity index (χ2v) is 8.88. The molecule has 0 aromatic heterocycles. The average molecular weight is 371 g/mol. The lowest BCUT2D eigenvalue weighted by atomic mass is 9.76. The number of fused-ring (bicyclic) bond motifs is 1. The Morgan fingerprint density at radius 1 is 1.07 bits per heavy atom. The zero-order valence-corrected chi connectivity index (χ0v) is 16.6. The summed E-state index contributed by atoms with van der Waals surface area (Å²) in [4.78, 5) is 17.0. The Hall–Kier alpha value is -1.39. The molecule has 2 heterocycles. The van der Waals surface area contributed by atoms with Crippen molar-refractivity contribution in [1.82, 2.24) is 9.80 Å². The summed E-state index contributed by atoms with van der Waals surface area (Å²) >= 11 is 0. The van der Waals surface area contributed by atoms with Crippen LogP contribution in [0.15, 0.2) is 30.3 Å². The first kappa shape index (κ1) is 18.9. The molecule has 3 fully saturated rings. The van der Waals surface area contributed by atoms with Gasteiger partial charge in [0.25, 0.3) is 0 Å². The number of likely N-dealkylation sites (tertiary alicyclic amines) is 2. The van der Waals surface area contributed by atoms with Gasteiger partial charge in [0, 0.05) is 38.1 Å². The highest BCUT2D eigenvalue weighted by Crippen LogP contribution is 2.40. The summed E-state index contributed by atoms with van der Waals surface area (Å²) in [7, 11) is 0. The van der Waals surface area contributed by atoms with Crippen LogP contribution in [0.2, 0.25) is 0 Å². The first-order valence-electron chi connectivity index (χ1n) is 10.9. The standard InChI is InChI=1S/C23H34N2O2/c1-2-25-21-13-16-24(20(21)9-6-10-22(25)26)17-23(27)14-11-19(12-15-23)18-7-4-3-5-8-18/h3-5,7-8,19-21,27H,2,6,9-17H2,1H3/t19?,20-,21-,23?/m0/s1. The number of hydrogen-bond acceptors (Lipinski definition) is 3. The molecule has 2 aliphatic heterocycles. The van der Waals surface area contributed by atoms with E-state index in [1.54, 1.807) is 0 Å². The summed E-state index contributed by atoms with van der Waals surface area (Å²) in [6, 6.07) is 11.6. The predicted octanol–water partition coefficient (Wildman–Crippen LogP) is 3.55. The van der Waals surface area contributed by atoms with E-state index in [1.807, 2.05) is 0 Å². The first-order chi connectivity index (χ1) is 13.1. The number of nitrogens with zero attached hydrogens (tertiary/aromatic N) is 2. The molecule has 27 heavy (non-hydrogen) atoms. The molecular weight excluding hydrogens is 336 g/mol. The Labute approximate surface area is 163 Å². The van der Waals surface area contributed by atoms with Gasteiger partial charge in [-0.1, -0.05) is 30.3 Å². The summed E-state index contributed by atoms with van der Waals surface area (Å²) in [5.74, 6) is 0.915. The summed E-state index contributed by atoms with van der Waals surface area (Å²) < 4.78 is 0. The van der Waals surface area contributed by atoms with Crippen LogP contribution >= 0.6 is 0 Å². The molecule has 2 saturated heterocycles. The third kappa shape index (κ3) is 3.93. The number of aliphatic hydroxyl groups is 1. The van der Waals surface area contributed by atoms with Crippen LogP contribution in [0.5, 0.6) is 0 Å². The largest absolute Gasteiger partial charge is 0.389 e. The summed E-state index contributed by atoms with van der Waals surface area (Å²) in [6.45, 7) is 4.71. The van der Waals surface area contributed by atoms with Gasteiger partial charge in [0.15, 0.2) is 0 Å². The Bertz CT molecular complexity index is 639. The molecule has 0 unspecified atom stereocenters. The molecule has 148 valence electrons. The van der Waals surface area contributed by atoms with Crippen molar-refractivity contribution in [2.24, 2.45) is 0 Å². The molecular formula is C23H34N2O2. The van der Waals surface area contributed by atoms with Gasteiger partial charge >= 0.3 is 0 Å². The number of carbonyl (C=O) groups excluding carboxylic acids is 1. The Balaban J connectivity index is 1.38. The molecule has 0 spiro atoms. The van der Waals surface area contributed by atoms with Gasteiger partial charge in [0.1, 0.15) is 0 Å². The van der Waals surface area contributed by atoms with Crippen LogP contribution < -0.4 is 0 Å². The van der Waals surface area contributed by atoms with Crippen LogP contribution in [-0.2, 0) is 4.79 Å². The summed E-state index contributed by atoms with van der Waals surface area (Å²) in [5, 5.41) is 11.3. The number of rotatable bonds is 4. The van der Waals surface area contributed by atoms with Crippen molar-refractivity contribution in [2.45, 2.75) is 81.9 Å². The van der Waals surface area contributed by atoms with Gasteiger partial charge in [-0.3, -0.25) is 9.69 Å². The van der Waals surface area contributed by atoms with Crippen molar-refractivity contribution in [1.29, 1.82) is 0 Å². The number of hydrogen-bond donors (Lipinski definition) is 1. The average Bonchev–Trinajstić information content (AvgIpc) is 2.97. The lowest BCUT2D eigenvalue weighted by Crippen LogP contribution is -2.50. The van der Waals surface area contributed by atoms with Gasteiger partial charge in [0.2, 0.25) is 5.91 Å². The van der Waals surface area contributed by atoms with E-state index in [4.69, 9.17) is 0 Å². The van der Waals surface area contributed by atoms with E-state index in [1.165, 1.54) is 5.56 Å². The van der Waals surface area contributed by atoms with Crippen LogP contribution in [0, 0.1) is 0 Å². The second-order valence-electron chi connectivity index (χ2n) is 8.88. The third-order valence-electron chi connectivity index (χ3n) is 7.26.